The highest BCUT2D eigenvalue weighted by molar-refractivity contribution is 6.22. The van der Waals surface area contributed by atoms with Crippen molar-refractivity contribution in [2.75, 3.05) is 0 Å². The second kappa shape index (κ2) is 16.8. The van der Waals surface area contributed by atoms with E-state index in [1.165, 1.54) is 43.7 Å². The molecule has 344 valence electrons. The molecule has 0 saturated heterocycles. The largest absolute Gasteiger partial charge is 0.309 e. The lowest BCUT2D eigenvalue weighted by Crippen LogP contribution is -1.96. The molecule has 0 aliphatic rings. The van der Waals surface area contributed by atoms with E-state index < -0.39 is 0 Å². The van der Waals surface area contributed by atoms with Gasteiger partial charge in [-0.1, -0.05) is 182 Å². The molecule has 0 radical (unpaired) electrons. The van der Waals surface area contributed by atoms with Crippen LogP contribution in [0.1, 0.15) is 0 Å². The smallest absolute Gasteiger partial charge is 0.164 e. The molecule has 74 heavy (non-hydrogen) atoms. The van der Waals surface area contributed by atoms with E-state index in [4.69, 9.17) is 15.0 Å². The third-order valence-corrected chi connectivity index (χ3v) is 14.8. The number of hydrogen-bond acceptors (Lipinski definition) is 3. The van der Waals surface area contributed by atoms with Crippen LogP contribution >= 0.6 is 0 Å². The van der Waals surface area contributed by atoms with Gasteiger partial charge in [-0.25, -0.2) is 15.0 Å². The van der Waals surface area contributed by atoms with Gasteiger partial charge in [-0.15, -0.1) is 0 Å². The molecule has 4 aromatic heterocycles. The van der Waals surface area contributed by atoms with Crippen LogP contribution < -0.4 is 0 Å². The van der Waals surface area contributed by atoms with E-state index in [0.717, 1.165) is 81.8 Å². The van der Waals surface area contributed by atoms with E-state index in [9.17, 15) is 0 Å². The molecule has 4 heterocycles. The Hall–Kier alpha value is -9.97. The van der Waals surface area contributed by atoms with Crippen molar-refractivity contribution in [3.8, 4) is 33.9 Å². The molecular weight excluding hydrogens is 899 g/mol. The van der Waals surface area contributed by atoms with Crippen LogP contribution in [0.2, 0.25) is 0 Å². The second-order valence-corrected chi connectivity index (χ2v) is 19.2. The van der Waals surface area contributed by atoms with Gasteiger partial charge in [0.25, 0.3) is 0 Å². The monoisotopic (exact) mass is 941 g/mol. The highest BCUT2D eigenvalue weighted by Crippen LogP contribution is 2.41. The molecule has 5 heteroatoms. The summed E-state index contributed by atoms with van der Waals surface area (Å²) in [5.74, 6) is 0.635. The van der Waals surface area contributed by atoms with Crippen LogP contribution in [0, 0.1) is 0 Å². The zero-order chi connectivity index (χ0) is 48.7. The lowest BCUT2D eigenvalue weighted by molar-refractivity contribution is 1.17. The van der Waals surface area contributed by atoms with E-state index in [2.05, 4.69) is 252 Å². The summed E-state index contributed by atoms with van der Waals surface area (Å²) in [4.78, 5) is 15.4. The molecule has 0 atom stereocenters. The summed E-state index contributed by atoms with van der Waals surface area (Å²) in [5, 5.41) is 15.5. The summed E-state index contributed by atoms with van der Waals surface area (Å²) in [6.45, 7) is 0. The van der Waals surface area contributed by atoms with E-state index in [0.29, 0.717) is 17.1 Å². The zero-order valence-corrected chi connectivity index (χ0v) is 40.1. The number of para-hydroxylation sites is 2. The maximum absolute atomic E-state index is 5.19. The number of fused-ring (bicyclic) bond motifs is 25. The topological polar surface area (TPSA) is 48.5 Å². The fourth-order valence-electron chi connectivity index (χ4n) is 11.3. The number of benzene rings is 11. The van der Waals surface area contributed by atoms with Gasteiger partial charge in [0.15, 0.2) is 17.1 Å². The van der Waals surface area contributed by atoms with Gasteiger partial charge < -0.3 is 9.13 Å². The first kappa shape index (κ1) is 41.8. The lowest BCUT2D eigenvalue weighted by Gasteiger charge is -2.11. The Morgan fingerprint density at radius 3 is 1.42 bits per heavy atom. The van der Waals surface area contributed by atoms with Crippen molar-refractivity contribution < 1.29 is 0 Å². The summed E-state index contributed by atoms with van der Waals surface area (Å²) in [7, 11) is 0. The number of rotatable bonds is 4. The maximum Gasteiger partial charge on any atom is 0.164 e. The first-order valence-corrected chi connectivity index (χ1v) is 25.2. The molecule has 12 bridgehead atoms. The standard InChI is InChI=1S/C69H43N5/c1-4-16-44(17-5-1)51-32-34-59-58-30-10-11-31-63(58)73(65(59)42-51)57-33-35-64-61(43-57)62-41-55-40-60(66(62)74(64)56-28-8-3-9-29-56)52-25-13-21-47(37-52)49-23-15-27-54(39-49)69-71-67(45-18-6-2-7-19-45)70-68(72-69)53-26-14-22-48(38-53)46-20-12-24-50(55)36-46/h1-43H. The van der Waals surface area contributed by atoms with Crippen molar-refractivity contribution in [1.29, 1.82) is 0 Å². The molecule has 0 fully saturated rings. The van der Waals surface area contributed by atoms with Crippen molar-refractivity contribution in [1.82, 2.24) is 24.1 Å². The Balaban J connectivity index is 1.09. The molecule has 0 amide bonds. The van der Waals surface area contributed by atoms with Gasteiger partial charge >= 0.3 is 0 Å². The average Bonchev–Trinajstić information content (AvgIpc) is 4.03. The quantitative estimate of drug-likeness (QED) is 0.177. The normalized spacial score (nSPS) is 11.8. The van der Waals surface area contributed by atoms with Gasteiger partial charge in [0.05, 0.1) is 22.1 Å². The highest BCUT2D eigenvalue weighted by Gasteiger charge is 2.19. The zero-order valence-electron chi connectivity index (χ0n) is 40.1. The van der Waals surface area contributed by atoms with Crippen LogP contribution in [0.15, 0.2) is 261 Å². The van der Waals surface area contributed by atoms with Crippen LogP contribution in [0.4, 0.5) is 0 Å². The summed E-state index contributed by atoms with van der Waals surface area (Å²) < 4.78 is 4.92. The minimum Gasteiger partial charge on any atom is -0.309 e. The fourth-order valence-corrected chi connectivity index (χ4v) is 11.3. The Bertz CT molecular complexity index is 4880. The molecule has 0 unspecified atom stereocenters. The van der Waals surface area contributed by atoms with E-state index in [1.54, 1.807) is 0 Å². The number of nitrogens with zero attached hydrogens (tertiary/aromatic N) is 5. The third-order valence-electron chi connectivity index (χ3n) is 14.8. The van der Waals surface area contributed by atoms with Crippen molar-refractivity contribution in [2.24, 2.45) is 0 Å². The SMILES string of the molecule is c1ccc(-c2ccc3c4ccccc4n(-c4ccc5c(c4)c4cc6cc(c7cccc(c7)c7cccc(c7)c7nc(-c8ccccc8)nc(n7)c7cccc(c7)c7cccc6c7)c4n5-c4ccccc4)c3c2)cc1. The molecule has 15 aromatic rings. The van der Waals surface area contributed by atoms with Crippen molar-refractivity contribution >= 4 is 109 Å². The van der Waals surface area contributed by atoms with E-state index in [1.807, 2.05) is 18.2 Å². The predicted molar refractivity (Wildman–Crippen MR) is 311 cm³/mol. The Morgan fingerprint density at radius 2 is 0.743 bits per heavy atom. The minimum absolute atomic E-state index is 0.624. The predicted octanol–water partition coefficient (Wildman–Crippen LogP) is 18.0. The Morgan fingerprint density at radius 1 is 0.230 bits per heavy atom. The summed E-state index contributed by atoms with van der Waals surface area (Å²) >= 11 is 0. The maximum atomic E-state index is 5.19. The molecule has 5 nitrogen and oxygen atoms in total. The summed E-state index contributed by atoms with van der Waals surface area (Å²) in [6.07, 6.45) is 0. The Labute approximate surface area is 425 Å². The third kappa shape index (κ3) is 6.90. The van der Waals surface area contributed by atoms with Gasteiger partial charge in [0.1, 0.15) is 0 Å². The summed E-state index contributed by atoms with van der Waals surface area (Å²) in [6, 6.07) is 94.4. The molecular formula is C69H43N5. The van der Waals surface area contributed by atoms with Gasteiger partial charge in [0.2, 0.25) is 0 Å². The Kier molecular flexibility index (Phi) is 9.50. The van der Waals surface area contributed by atoms with Crippen LogP contribution in [0.5, 0.6) is 0 Å². The van der Waals surface area contributed by atoms with Gasteiger partial charge in [-0.05, 0) is 128 Å². The number of hydrogen-bond donors (Lipinski definition) is 0. The van der Waals surface area contributed by atoms with Crippen LogP contribution in [0.3, 0.4) is 0 Å². The van der Waals surface area contributed by atoms with Crippen LogP contribution in [-0.4, -0.2) is 24.1 Å². The van der Waals surface area contributed by atoms with Gasteiger partial charge in [-0.2, -0.15) is 0 Å². The van der Waals surface area contributed by atoms with Crippen LogP contribution in [-0.2, 0) is 0 Å². The van der Waals surface area contributed by atoms with Gasteiger partial charge in [-0.3, -0.25) is 0 Å². The molecule has 0 aliphatic carbocycles. The molecule has 0 spiro atoms. The van der Waals surface area contributed by atoms with Crippen molar-refractivity contribution in [3.05, 3.63) is 261 Å². The average molecular weight is 942 g/mol. The van der Waals surface area contributed by atoms with Crippen molar-refractivity contribution in [2.45, 2.75) is 0 Å². The van der Waals surface area contributed by atoms with E-state index in [-0.39, 0.29) is 0 Å². The van der Waals surface area contributed by atoms with E-state index >= 15 is 0 Å². The molecule has 11 aromatic carbocycles. The molecule has 15 rings (SSSR count). The van der Waals surface area contributed by atoms with Gasteiger partial charge in [0, 0.05) is 54.6 Å². The number of aromatic nitrogens is 5. The first-order valence-electron chi connectivity index (χ1n) is 25.2. The van der Waals surface area contributed by atoms with Crippen molar-refractivity contribution in [3.63, 3.8) is 0 Å². The summed E-state index contributed by atoms with van der Waals surface area (Å²) in [5.41, 5.74) is 11.4. The molecule has 0 saturated carbocycles. The fraction of sp³-hybridized carbons (Fsp3) is 0. The minimum atomic E-state index is 0.624. The lowest BCUT2D eigenvalue weighted by atomic mass is 10.0. The highest BCUT2D eigenvalue weighted by atomic mass is 15.0. The molecule has 0 N–H and O–H groups in total. The first-order chi connectivity index (χ1) is 36.6. The second-order valence-electron chi connectivity index (χ2n) is 19.2. The molecule has 0 aliphatic heterocycles. The van der Waals surface area contributed by atoms with Crippen LogP contribution in [0.25, 0.3) is 143 Å².